The first-order valence-electron chi connectivity index (χ1n) is 13.6. The van der Waals surface area contributed by atoms with E-state index in [9.17, 15) is 14.4 Å². The molecule has 1 fully saturated rings. The molecule has 1 aliphatic heterocycles. The van der Waals surface area contributed by atoms with Crippen LogP contribution >= 0.6 is 11.6 Å². The number of imidazole rings is 1. The zero-order chi connectivity index (χ0) is 30.7. The molecule has 0 N–H and O–H groups in total. The summed E-state index contributed by atoms with van der Waals surface area (Å²) in [6.07, 6.45) is -0.814. The van der Waals surface area contributed by atoms with E-state index < -0.39 is 41.9 Å². The molecule has 222 valence electrons. The Morgan fingerprint density at radius 2 is 1.39 bits per heavy atom. The molecule has 0 radical (unpaired) electrons. The van der Waals surface area contributed by atoms with E-state index in [4.69, 9.17) is 30.5 Å². The van der Waals surface area contributed by atoms with Gasteiger partial charge in [-0.3, -0.25) is 4.57 Å². The van der Waals surface area contributed by atoms with Gasteiger partial charge in [-0.25, -0.2) is 29.3 Å². The summed E-state index contributed by atoms with van der Waals surface area (Å²) in [4.78, 5) is 52.4. The molecule has 44 heavy (non-hydrogen) atoms. The number of fused-ring (bicyclic) bond motifs is 1. The summed E-state index contributed by atoms with van der Waals surface area (Å²) in [6, 6.07) is 25.1. The first kappa shape index (κ1) is 29.0. The zero-order valence-corrected chi connectivity index (χ0v) is 24.0. The van der Waals surface area contributed by atoms with Crippen LogP contribution in [-0.4, -0.2) is 61.8 Å². The molecule has 0 spiro atoms. The number of esters is 3. The predicted molar refractivity (Wildman–Crippen MR) is 157 cm³/mol. The smallest absolute Gasteiger partial charge is 0.338 e. The van der Waals surface area contributed by atoms with Gasteiger partial charge in [-0.2, -0.15) is 0 Å². The maximum Gasteiger partial charge on any atom is 0.338 e. The molecular formula is C32H25ClN4O7. The Labute approximate surface area is 256 Å². The molecular weight excluding hydrogens is 588 g/mol. The topological polar surface area (TPSA) is 132 Å². The van der Waals surface area contributed by atoms with Crippen LogP contribution in [0.5, 0.6) is 0 Å². The largest absolute Gasteiger partial charge is 0.459 e. The van der Waals surface area contributed by atoms with Crippen molar-refractivity contribution in [1.82, 2.24) is 19.5 Å². The van der Waals surface area contributed by atoms with Crippen molar-refractivity contribution >= 4 is 40.7 Å². The van der Waals surface area contributed by atoms with Gasteiger partial charge in [-0.15, -0.1) is 0 Å². The second kappa shape index (κ2) is 12.2. The minimum atomic E-state index is -1.69. The monoisotopic (exact) mass is 612 g/mol. The fourth-order valence-corrected chi connectivity index (χ4v) is 5.23. The number of rotatable bonds is 8. The second-order valence-electron chi connectivity index (χ2n) is 10.1. The van der Waals surface area contributed by atoms with Crippen LogP contribution in [-0.2, 0) is 18.9 Å². The van der Waals surface area contributed by atoms with Gasteiger partial charge in [0.2, 0.25) is 0 Å². The minimum absolute atomic E-state index is 0.107. The van der Waals surface area contributed by atoms with E-state index >= 15 is 0 Å². The summed E-state index contributed by atoms with van der Waals surface area (Å²) in [5.74, 6) is -2.00. The Kier molecular flexibility index (Phi) is 8.05. The number of carbonyl (C=O) groups is 3. The Hall–Kier alpha value is -5.13. The number of ether oxygens (including phenoxy) is 4. The van der Waals surface area contributed by atoms with E-state index in [0.717, 1.165) is 0 Å². The quantitative estimate of drug-likeness (QED) is 0.133. The van der Waals surface area contributed by atoms with Gasteiger partial charge >= 0.3 is 17.9 Å². The molecule has 1 aliphatic rings. The number of hydrogen-bond donors (Lipinski definition) is 0. The fourth-order valence-electron chi connectivity index (χ4n) is 5.05. The average Bonchev–Trinajstić information content (AvgIpc) is 3.60. The molecule has 0 bridgehead atoms. The van der Waals surface area contributed by atoms with Gasteiger partial charge in [-0.05, 0) is 43.3 Å². The molecule has 6 rings (SSSR count). The molecule has 1 saturated heterocycles. The van der Waals surface area contributed by atoms with Crippen molar-refractivity contribution in [2.45, 2.75) is 31.0 Å². The summed E-state index contributed by atoms with van der Waals surface area (Å²) < 4.78 is 25.8. The molecule has 12 heteroatoms. The molecule has 3 heterocycles. The lowest BCUT2D eigenvalue weighted by Gasteiger charge is -2.34. The number of halogens is 1. The fraction of sp³-hybridized carbons (Fsp3) is 0.188. The van der Waals surface area contributed by atoms with Gasteiger partial charge in [0.25, 0.3) is 0 Å². The first-order valence-corrected chi connectivity index (χ1v) is 14.0. The third-order valence-corrected chi connectivity index (χ3v) is 7.49. The minimum Gasteiger partial charge on any atom is -0.459 e. The molecule has 3 aromatic carbocycles. The lowest BCUT2D eigenvalue weighted by molar-refractivity contribution is -0.108. The van der Waals surface area contributed by atoms with Crippen molar-refractivity contribution in [3.8, 4) is 0 Å². The van der Waals surface area contributed by atoms with Crippen LogP contribution in [0, 0.1) is 0 Å². The molecule has 0 saturated carbocycles. The van der Waals surface area contributed by atoms with Gasteiger partial charge in [0.15, 0.2) is 28.7 Å². The lowest BCUT2D eigenvalue weighted by Crippen LogP contribution is -2.50. The Morgan fingerprint density at radius 1 is 0.818 bits per heavy atom. The van der Waals surface area contributed by atoms with Crippen molar-refractivity contribution in [3.63, 3.8) is 0 Å². The number of nitrogens with zero attached hydrogens (tertiary/aromatic N) is 4. The highest BCUT2D eigenvalue weighted by Gasteiger charge is 2.60. The maximum absolute atomic E-state index is 13.5. The van der Waals surface area contributed by atoms with Gasteiger partial charge in [0.05, 0.1) is 23.0 Å². The Balaban J connectivity index is 1.41. The Bertz CT molecular complexity index is 1800. The van der Waals surface area contributed by atoms with Gasteiger partial charge in [0, 0.05) is 0 Å². The third kappa shape index (κ3) is 5.62. The number of hydrogen-bond acceptors (Lipinski definition) is 10. The normalized spacial score (nSPS) is 21.1. The third-order valence-electron chi connectivity index (χ3n) is 7.22. The van der Waals surface area contributed by atoms with E-state index in [0.29, 0.717) is 5.56 Å². The predicted octanol–water partition coefficient (Wildman–Crippen LogP) is 5.08. The van der Waals surface area contributed by atoms with Gasteiger partial charge < -0.3 is 18.9 Å². The van der Waals surface area contributed by atoms with E-state index in [2.05, 4.69) is 15.0 Å². The van der Waals surface area contributed by atoms with Crippen LogP contribution in [0.2, 0.25) is 5.15 Å². The van der Waals surface area contributed by atoms with Crippen LogP contribution in [0.4, 0.5) is 0 Å². The van der Waals surface area contributed by atoms with Gasteiger partial charge in [0.1, 0.15) is 24.6 Å². The van der Waals surface area contributed by atoms with Crippen LogP contribution in [0.15, 0.2) is 104 Å². The van der Waals surface area contributed by atoms with Crippen LogP contribution in [0.1, 0.15) is 44.2 Å². The van der Waals surface area contributed by atoms with E-state index in [1.165, 1.54) is 17.2 Å². The van der Waals surface area contributed by atoms with Crippen molar-refractivity contribution in [2.24, 2.45) is 0 Å². The summed E-state index contributed by atoms with van der Waals surface area (Å²) in [5.41, 5.74) is -0.268. The van der Waals surface area contributed by atoms with Gasteiger partial charge in [-0.1, -0.05) is 66.2 Å². The molecule has 11 nitrogen and oxygen atoms in total. The standard InChI is InChI=1S/C32H25ClN4O7/c1-32(44-30(40)22-15-9-4-10-16-22)25(43-29(39)21-13-7-3-8-14-21)23(17-41-28(38)20-11-5-2-6-12-20)42-31(32)37-19-36-24-26(33)34-18-35-27(24)37/h2-16,18-19,23,25,31H,17H2,1H3/t23-,25-,31?,32-/m1/s1. The SMILES string of the molecule is C[C@]1(OC(=O)c2ccccc2)C(n2cnc3c(Cl)ncnc32)O[C@H](COC(=O)c2ccccc2)[C@H]1OC(=O)c1ccccc1. The summed E-state index contributed by atoms with van der Waals surface area (Å²) >= 11 is 6.27. The highest BCUT2D eigenvalue weighted by Crippen LogP contribution is 2.45. The van der Waals surface area contributed by atoms with Crippen molar-refractivity contribution in [2.75, 3.05) is 6.61 Å². The van der Waals surface area contributed by atoms with E-state index in [1.54, 1.807) is 97.9 Å². The summed E-state index contributed by atoms with van der Waals surface area (Å²) in [6.45, 7) is 1.24. The first-order chi connectivity index (χ1) is 21.3. The molecule has 4 atom stereocenters. The average molecular weight is 613 g/mol. The molecule has 1 unspecified atom stereocenters. The van der Waals surface area contributed by atoms with Crippen molar-refractivity contribution in [1.29, 1.82) is 0 Å². The molecule has 0 amide bonds. The highest BCUT2D eigenvalue weighted by molar-refractivity contribution is 6.33. The highest BCUT2D eigenvalue weighted by atomic mass is 35.5. The zero-order valence-electron chi connectivity index (χ0n) is 23.3. The van der Waals surface area contributed by atoms with E-state index in [1.807, 2.05) is 0 Å². The lowest BCUT2D eigenvalue weighted by atomic mass is 9.95. The van der Waals surface area contributed by atoms with Crippen LogP contribution in [0.3, 0.4) is 0 Å². The number of aromatic nitrogens is 4. The summed E-state index contributed by atoms with van der Waals surface area (Å²) in [7, 11) is 0. The van der Waals surface area contributed by atoms with E-state index in [-0.39, 0.29) is 34.1 Å². The Morgan fingerprint density at radius 3 is 2.00 bits per heavy atom. The maximum atomic E-state index is 13.5. The van der Waals surface area contributed by atoms with Crippen molar-refractivity contribution < 1.29 is 33.3 Å². The van der Waals surface area contributed by atoms with Crippen LogP contribution in [0.25, 0.3) is 11.2 Å². The molecule has 0 aliphatic carbocycles. The molecule has 5 aromatic rings. The number of benzene rings is 3. The van der Waals surface area contributed by atoms with Crippen molar-refractivity contribution in [3.05, 3.63) is 125 Å². The van der Waals surface area contributed by atoms with Crippen LogP contribution < -0.4 is 0 Å². The second-order valence-corrected chi connectivity index (χ2v) is 10.5. The summed E-state index contributed by atoms with van der Waals surface area (Å²) in [5, 5.41) is 0.107. The number of carbonyl (C=O) groups excluding carboxylic acids is 3. The molecule has 2 aromatic heterocycles.